The van der Waals surface area contributed by atoms with E-state index in [1.54, 1.807) is 0 Å². The molecule has 0 radical (unpaired) electrons. The predicted octanol–water partition coefficient (Wildman–Crippen LogP) is 1.90. The average Bonchev–Trinajstić information content (AvgIpc) is 2.97. The van der Waals surface area contributed by atoms with Gasteiger partial charge in [0.05, 0.1) is 6.10 Å². The summed E-state index contributed by atoms with van der Waals surface area (Å²) in [6.07, 6.45) is 9.17. The first-order valence-electron chi connectivity index (χ1n) is 7.40. The lowest BCUT2D eigenvalue weighted by Crippen LogP contribution is -2.43. The molecule has 0 saturated carbocycles. The fourth-order valence-corrected chi connectivity index (χ4v) is 3.50. The maximum Gasteiger partial charge on any atom is 0.0591 e. The minimum Gasteiger partial charge on any atom is -0.378 e. The number of hydrazine groups is 1. The number of aryl methyl sites for hydroxylation is 1. The van der Waals surface area contributed by atoms with E-state index in [0.29, 0.717) is 12.0 Å². The molecule has 3 rings (SSSR count). The van der Waals surface area contributed by atoms with Crippen molar-refractivity contribution in [3.63, 3.8) is 0 Å². The van der Waals surface area contributed by atoms with Crippen LogP contribution in [-0.4, -0.2) is 23.7 Å². The van der Waals surface area contributed by atoms with Gasteiger partial charge in [-0.25, -0.2) is 0 Å². The van der Waals surface area contributed by atoms with Gasteiger partial charge in [-0.3, -0.25) is 16.3 Å². The third kappa shape index (κ3) is 2.81. The van der Waals surface area contributed by atoms with Gasteiger partial charge in [0.25, 0.3) is 0 Å². The molecule has 19 heavy (non-hydrogen) atoms. The van der Waals surface area contributed by atoms with Crippen LogP contribution < -0.4 is 11.3 Å². The van der Waals surface area contributed by atoms with E-state index in [9.17, 15) is 0 Å². The molecule has 4 nitrogen and oxygen atoms in total. The molecule has 3 N–H and O–H groups in total. The normalized spacial score (nSPS) is 28.1. The highest BCUT2D eigenvalue weighted by Crippen LogP contribution is 2.34. The van der Waals surface area contributed by atoms with E-state index < -0.39 is 0 Å². The third-order valence-corrected chi connectivity index (χ3v) is 4.48. The van der Waals surface area contributed by atoms with Crippen molar-refractivity contribution < 1.29 is 4.74 Å². The molecule has 0 spiro atoms. The lowest BCUT2D eigenvalue weighted by atomic mass is 9.80. The number of pyridine rings is 1. The Labute approximate surface area is 114 Å². The molecular weight excluding hydrogens is 238 g/mol. The molecule has 1 aliphatic carbocycles. The second-order valence-electron chi connectivity index (χ2n) is 5.69. The highest BCUT2D eigenvalue weighted by molar-refractivity contribution is 5.27. The molecule has 1 aliphatic heterocycles. The van der Waals surface area contributed by atoms with Crippen molar-refractivity contribution in [1.82, 2.24) is 10.4 Å². The molecule has 0 aromatic carbocycles. The van der Waals surface area contributed by atoms with Gasteiger partial charge in [-0.15, -0.1) is 0 Å². The number of aromatic nitrogens is 1. The standard InChI is InChI=1S/C15H23N3O/c16-18-14(10-12-6-3-9-19-12)13-7-1-4-11-5-2-8-17-15(11)13/h2,5,8,12-14,18H,1,3-4,6-7,9-10,16H2. The van der Waals surface area contributed by atoms with Crippen LogP contribution >= 0.6 is 0 Å². The van der Waals surface area contributed by atoms with Gasteiger partial charge in [0.1, 0.15) is 0 Å². The van der Waals surface area contributed by atoms with Crippen molar-refractivity contribution in [1.29, 1.82) is 0 Å². The summed E-state index contributed by atoms with van der Waals surface area (Å²) in [6.45, 7) is 0.904. The largest absolute Gasteiger partial charge is 0.378 e. The molecule has 2 heterocycles. The van der Waals surface area contributed by atoms with Gasteiger partial charge in [-0.2, -0.15) is 0 Å². The number of nitrogens with two attached hydrogens (primary N) is 1. The topological polar surface area (TPSA) is 60.2 Å². The molecule has 0 bridgehead atoms. The Hall–Kier alpha value is -0.970. The molecule has 1 aromatic rings. The molecule has 1 fully saturated rings. The van der Waals surface area contributed by atoms with Crippen molar-refractivity contribution in [2.75, 3.05) is 6.61 Å². The van der Waals surface area contributed by atoms with E-state index >= 15 is 0 Å². The molecule has 0 amide bonds. The van der Waals surface area contributed by atoms with Crippen LogP contribution in [0.15, 0.2) is 18.3 Å². The Morgan fingerprint density at radius 1 is 1.42 bits per heavy atom. The van der Waals surface area contributed by atoms with Crippen LogP contribution in [0.25, 0.3) is 0 Å². The number of rotatable bonds is 4. The summed E-state index contributed by atoms with van der Waals surface area (Å²) in [5.74, 6) is 6.24. The van der Waals surface area contributed by atoms with Crippen LogP contribution in [0.4, 0.5) is 0 Å². The van der Waals surface area contributed by atoms with E-state index in [-0.39, 0.29) is 6.04 Å². The zero-order chi connectivity index (χ0) is 13.1. The molecule has 4 heteroatoms. The summed E-state index contributed by atoms with van der Waals surface area (Å²) in [5, 5.41) is 0. The zero-order valence-electron chi connectivity index (χ0n) is 11.3. The molecule has 3 atom stereocenters. The quantitative estimate of drug-likeness (QED) is 0.642. The molecule has 1 saturated heterocycles. The molecule has 2 aliphatic rings. The van der Waals surface area contributed by atoms with Crippen molar-refractivity contribution in [3.8, 4) is 0 Å². The van der Waals surface area contributed by atoms with Gasteiger partial charge in [-0.1, -0.05) is 6.07 Å². The van der Waals surface area contributed by atoms with E-state index in [1.165, 1.54) is 36.9 Å². The van der Waals surface area contributed by atoms with Gasteiger partial charge < -0.3 is 4.74 Å². The second kappa shape index (κ2) is 5.99. The van der Waals surface area contributed by atoms with E-state index in [0.717, 1.165) is 19.4 Å². The zero-order valence-corrected chi connectivity index (χ0v) is 11.3. The minimum absolute atomic E-state index is 0.275. The molecular formula is C15H23N3O. The number of ether oxygens (including phenoxy) is 1. The predicted molar refractivity (Wildman–Crippen MR) is 74.6 cm³/mol. The van der Waals surface area contributed by atoms with Gasteiger partial charge >= 0.3 is 0 Å². The summed E-state index contributed by atoms with van der Waals surface area (Å²) in [4.78, 5) is 4.61. The number of fused-ring (bicyclic) bond motifs is 1. The lowest BCUT2D eigenvalue weighted by molar-refractivity contribution is 0.0901. The average molecular weight is 261 g/mol. The summed E-state index contributed by atoms with van der Waals surface area (Å²) in [7, 11) is 0. The Morgan fingerprint density at radius 3 is 3.16 bits per heavy atom. The number of nitrogens with one attached hydrogen (secondary N) is 1. The van der Waals surface area contributed by atoms with Crippen molar-refractivity contribution >= 4 is 0 Å². The van der Waals surface area contributed by atoms with Gasteiger partial charge in [0.15, 0.2) is 0 Å². The summed E-state index contributed by atoms with van der Waals surface area (Å²) in [6, 6.07) is 4.51. The number of hydrogen-bond acceptors (Lipinski definition) is 4. The first-order valence-corrected chi connectivity index (χ1v) is 7.40. The summed E-state index contributed by atoms with van der Waals surface area (Å²) in [5.41, 5.74) is 5.66. The van der Waals surface area contributed by atoms with Crippen LogP contribution in [0, 0.1) is 0 Å². The second-order valence-corrected chi connectivity index (χ2v) is 5.69. The first-order chi connectivity index (χ1) is 9.38. The first kappa shape index (κ1) is 13.0. The van der Waals surface area contributed by atoms with E-state index in [2.05, 4.69) is 16.5 Å². The highest BCUT2D eigenvalue weighted by atomic mass is 16.5. The summed E-state index contributed by atoms with van der Waals surface area (Å²) < 4.78 is 5.75. The van der Waals surface area contributed by atoms with Gasteiger partial charge in [0.2, 0.25) is 0 Å². The Morgan fingerprint density at radius 2 is 2.37 bits per heavy atom. The van der Waals surface area contributed by atoms with Crippen molar-refractivity contribution in [2.45, 2.75) is 56.6 Å². The maximum atomic E-state index is 5.81. The fraction of sp³-hybridized carbons (Fsp3) is 0.667. The number of hydrogen-bond donors (Lipinski definition) is 2. The Kier molecular flexibility index (Phi) is 4.11. The summed E-state index contributed by atoms with van der Waals surface area (Å²) >= 11 is 0. The SMILES string of the molecule is NNC(CC1CCCO1)C1CCCc2cccnc21. The van der Waals surface area contributed by atoms with Crippen LogP contribution in [0.2, 0.25) is 0 Å². The van der Waals surface area contributed by atoms with Gasteiger partial charge in [-0.05, 0) is 50.2 Å². The van der Waals surface area contributed by atoms with E-state index in [1.807, 2.05) is 12.3 Å². The minimum atomic E-state index is 0.275. The molecule has 104 valence electrons. The van der Waals surface area contributed by atoms with Crippen LogP contribution in [0.1, 0.15) is 49.3 Å². The van der Waals surface area contributed by atoms with Crippen LogP contribution in [0.5, 0.6) is 0 Å². The lowest BCUT2D eigenvalue weighted by Gasteiger charge is -2.32. The third-order valence-electron chi connectivity index (χ3n) is 4.48. The van der Waals surface area contributed by atoms with Crippen molar-refractivity contribution in [2.24, 2.45) is 5.84 Å². The van der Waals surface area contributed by atoms with E-state index in [4.69, 9.17) is 10.6 Å². The van der Waals surface area contributed by atoms with Crippen LogP contribution in [-0.2, 0) is 11.2 Å². The maximum absolute atomic E-state index is 5.81. The van der Waals surface area contributed by atoms with Gasteiger partial charge in [0, 0.05) is 30.5 Å². The Balaban J connectivity index is 1.76. The fourth-order valence-electron chi connectivity index (χ4n) is 3.50. The molecule has 3 unspecified atom stereocenters. The van der Waals surface area contributed by atoms with Crippen molar-refractivity contribution in [3.05, 3.63) is 29.6 Å². The number of nitrogens with zero attached hydrogens (tertiary/aromatic N) is 1. The molecule has 1 aromatic heterocycles. The monoisotopic (exact) mass is 261 g/mol. The highest BCUT2D eigenvalue weighted by Gasteiger charge is 2.31. The smallest absolute Gasteiger partial charge is 0.0591 e. The Bertz CT molecular complexity index is 418. The van der Waals surface area contributed by atoms with Crippen LogP contribution in [0.3, 0.4) is 0 Å².